The monoisotopic (exact) mass is 360 g/mol. The van der Waals surface area contributed by atoms with Gasteiger partial charge in [0.2, 0.25) is 0 Å². The van der Waals surface area contributed by atoms with Crippen LogP contribution in [0, 0.1) is 0 Å². The fraction of sp³-hybridized carbons (Fsp3) is 0.235. The summed E-state index contributed by atoms with van der Waals surface area (Å²) >= 11 is 3.56. The predicted molar refractivity (Wildman–Crippen MR) is 92.1 cm³/mol. The topological polar surface area (TPSA) is 68.1 Å². The van der Waals surface area contributed by atoms with Gasteiger partial charge in [-0.3, -0.25) is 4.79 Å². The van der Waals surface area contributed by atoms with E-state index in [9.17, 15) is 4.79 Å². The first kappa shape index (κ1) is 15.1. The minimum atomic E-state index is -0.443. The Bertz CT molecular complexity index is 896. The van der Waals surface area contributed by atoms with Crippen molar-refractivity contribution in [3.63, 3.8) is 0 Å². The number of benzene rings is 2. The number of primary amides is 1. The minimum Gasteiger partial charge on any atom is -0.374 e. The van der Waals surface area contributed by atoms with E-state index < -0.39 is 5.91 Å². The third-order valence-electron chi connectivity index (χ3n) is 4.17. The molecule has 22 heavy (non-hydrogen) atoms. The molecule has 0 unspecified atom stereocenters. The van der Waals surface area contributed by atoms with Gasteiger partial charge in [-0.2, -0.15) is 0 Å². The number of hydrogen-bond donors (Lipinski definition) is 2. The van der Waals surface area contributed by atoms with Crippen LogP contribution in [0.2, 0.25) is 0 Å². The smallest absolute Gasteiger partial charge is 0.250 e. The van der Waals surface area contributed by atoms with Crippen molar-refractivity contribution >= 4 is 43.6 Å². The zero-order valence-corrected chi connectivity index (χ0v) is 14.2. The van der Waals surface area contributed by atoms with E-state index >= 15 is 0 Å². The highest BCUT2D eigenvalue weighted by Gasteiger charge is 2.21. The molecule has 0 fully saturated rings. The molecule has 3 N–H and O–H groups in total. The van der Waals surface area contributed by atoms with Crippen LogP contribution >= 0.6 is 15.9 Å². The van der Waals surface area contributed by atoms with Crippen LogP contribution in [0.1, 0.15) is 29.8 Å². The van der Waals surface area contributed by atoms with E-state index in [0.29, 0.717) is 5.56 Å². The number of carbonyl (C=O) groups is 1. The SMILES string of the molecule is COC(C)(C)c1ccc2c(c1)[nH]c1c(C(N)=O)ccc(Br)c12. The van der Waals surface area contributed by atoms with Crippen LogP contribution in [0.3, 0.4) is 0 Å². The molecule has 0 bridgehead atoms. The predicted octanol–water partition coefficient (Wildman–Crippen LogP) is 4.06. The van der Waals surface area contributed by atoms with Gasteiger partial charge in [0.05, 0.1) is 16.7 Å². The molecule has 0 saturated carbocycles. The Kier molecular flexibility index (Phi) is 3.50. The molecule has 0 atom stereocenters. The highest BCUT2D eigenvalue weighted by atomic mass is 79.9. The lowest BCUT2D eigenvalue weighted by atomic mass is 9.96. The summed E-state index contributed by atoms with van der Waals surface area (Å²) in [6, 6.07) is 9.71. The molecule has 1 heterocycles. The maximum Gasteiger partial charge on any atom is 0.250 e. The van der Waals surface area contributed by atoms with Gasteiger partial charge in [-0.25, -0.2) is 0 Å². The van der Waals surface area contributed by atoms with E-state index in [1.807, 2.05) is 32.0 Å². The van der Waals surface area contributed by atoms with Crippen molar-refractivity contribution in [2.24, 2.45) is 5.73 Å². The number of halogens is 1. The second kappa shape index (κ2) is 5.11. The number of nitrogens with two attached hydrogens (primary N) is 1. The lowest BCUT2D eigenvalue weighted by Crippen LogP contribution is -2.19. The Morgan fingerprint density at radius 1 is 1.27 bits per heavy atom. The lowest BCUT2D eigenvalue weighted by molar-refractivity contribution is 0.0193. The molecule has 2 aromatic carbocycles. The van der Waals surface area contributed by atoms with Crippen LogP contribution < -0.4 is 5.73 Å². The summed E-state index contributed by atoms with van der Waals surface area (Å²) in [7, 11) is 1.69. The number of nitrogens with one attached hydrogen (secondary N) is 1. The Labute approximate surface area is 136 Å². The first-order valence-electron chi connectivity index (χ1n) is 6.94. The van der Waals surface area contributed by atoms with Gasteiger partial charge in [0.1, 0.15) is 0 Å². The average Bonchev–Trinajstić information content (AvgIpc) is 2.86. The quantitative estimate of drug-likeness (QED) is 0.739. The molecule has 0 aliphatic heterocycles. The Morgan fingerprint density at radius 3 is 2.64 bits per heavy atom. The number of aromatic amines is 1. The number of rotatable bonds is 3. The third-order valence-corrected chi connectivity index (χ3v) is 4.83. The van der Waals surface area contributed by atoms with Crippen molar-refractivity contribution in [3.05, 3.63) is 45.9 Å². The van der Waals surface area contributed by atoms with Gasteiger partial charge in [0.15, 0.2) is 0 Å². The first-order chi connectivity index (χ1) is 10.3. The maximum atomic E-state index is 11.6. The van der Waals surface area contributed by atoms with E-state index in [2.05, 4.69) is 27.0 Å². The number of amides is 1. The van der Waals surface area contributed by atoms with Crippen molar-refractivity contribution < 1.29 is 9.53 Å². The molecule has 0 saturated heterocycles. The van der Waals surface area contributed by atoms with E-state index in [0.717, 1.165) is 31.8 Å². The number of hydrogen-bond acceptors (Lipinski definition) is 2. The van der Waals surface area contributed by atoms with Crippen molar-refractivity contribution in [1.29, 1.82) is 0 Å². The summed E-state index contributed by atoms with van der Waals surface area (Å²) < 4.78 is 6.46. The highest BCUT2D eigenvalue weighted by molar-refractivity contribution is 9.10. The summed E-state index contributed by atoms with van der Waals surface area (Å²) in [6.07, 6.45) is 0. The molecule has 4 nitrogen and oxygen atoms in total. The summed E-state index contributed by atoms with van der Waals surface area (Å²) in [5.74, 6) is -0.443. The van der Waals surface area contributed by atoms with Gasteiger partial charge >= 0.3 is 0 Å². The van der Waals surface area contributed by atoms with E-state index in [4.69, 9.17) is 10.5 Å². The van der Waals surface area contributed by atoms with Gasteiger partial charge in [-0.1, -0.05) is 28.1 Å². The van der Waals surface area contributed by atoms with Crippen LogP contribution in [0.15, 0.2) is 34.8 Å². The van der Waals surface area contributed by atoms with Crippen LogP contribution in [0.25, 0.3) is 21.8 Å². The van der Waals surface area contributed by atoms with Gasteiger partial charge in [-0.15, -0.1) is 0 Å². The molecule has 3 aromatic rings. The minimum absolute atomic E-state index is 0.380. The second-order valence-corrected chi connectivity index (χ2v) is 6.66. The molecule has 0 radical (unpaired) electrons. The molecule has 0 aliphatic rings. The molecule has 0 spiro atoms. The average molecular weight is 361 g/mol. The Morgan fingerprint density at radius 2 is 2.00 bits per heavy atom. The number of aromatic nitrogens is 1. The molecule has 5 heteroatoms. The highest BCUT2D eigenvalue weighted by Crippen LogP contribution is 2.35. The van der Waals surface area contributed by atoms with Gasteiger partial charge < -0.3 is 15.5 Å². The van der Waals surface area contributed by atoms with Crippen molar-refractivity contribution in [2.45, 2.75) is 19.4 Å². The van der Waals surface area contributed by atoms with E-state index in [-0.39, 0.29) is 5.60 Å². The zero-order chi connectivity index (χ0) is 16.1. The van der Waals surface area contributed by atoms with Crippen molar-refractivity contribution in [1.82, 2.24) is 4.98 Å². The van der Waals surface area contributed by atoms with Crippen LogP contribution in [0.4, 0.5) is 0 Å². The normalized spacial score (nSPS) is 12.2. The number of fused-ring (bicyclic) bond motifs is 3. The Balaban J connectivity index is 2.37. The first-order valence-corrected chi connectivity index (χ1v) is 7.74. The van der Waals surface area contributed by atoms with Gasteiger partial charge in [0, 0.05) is 27.9 Å². The summed E-state index contributed by atoms with van der Waals surface area (Å²) in [6.45, 7) is 4.03. The summed E-state index contributed by atoms with van der Waals surface area (Å²) in [4.78, 5) is 15.0. The largest absolute Gasteiger partial charge is 0.374 e. The summed E-state index contributed by atoms with van der Waals surface area (Å²) in [5.41, 5.74) is 8.35. The number of methoxy groups -OCH3 is 1. The van der Waals surface area contributed by atoms with E-state index in [1.165, 1.54) is 0 Å². The van der Waals surface area contributed by atoms with Gasteiger partial charge in [0.25, 0.3) is 5.91 Å². The maximum absolute atomic E-state index is 11.6. The molecule has 0 aliphatic carbocycles. The van der Waals surface area contributed by atoms with Crippen molar-refractivity contribution in [2.75, 3.05) is 7.11 Å². The molecule has 3 rings (SSSR count). The van der Waals surface area contributed by atoms with Crippen molar-refractivity contribution in [3.8, 4) is 0 Å². The molecular weight excluding hydrogens is 344 g/mol. The third kappa shape index (κ3) is 2.21. The molecule has 114 valence electrons. The number of carbonyl (C=O) groups excluding carboxylic acids is 1. The molecular formula is C17H17BrN2O2. The standard InChI is InChI=1S/C17H17BrN2O2/c1-17(2,22-3)9-4-5-10-13(8-9)20-15-11(16(19)21)6-7-12(18)14(10)15/h4-8,20H,1-3H3,(H2,19,21). The van der Waals surface area contributed by atoms with Gasteiger partial charge in [-0.05, 0) is 37.6 Å². The van der Waals surface area contributed by atoms with Crippen LogP contribution in [-0.4, -0.2) is 18.0 Å². The number of ether oxygens (including phenoxy) is 1. The summed E-state index contributed by atoms with van der Waals surface area (Å²) in [5, 5.41) is 2.01. The van der Waals surface area contributed by atoms with Crippen LogP contribution in [0.5, 0.6) is 0 Å². The van der Waals surface area contributed by atoms with E-state index in [1.54, 1.807) is 13.2 Å². The zero-order valence-electron chi connectivity index (χ0n) is 12.7. The second-order valence-electron chi connectivity index (χ2n) is 5.81. The molecule has 1 aromatic heterocycles. The fourth-order valence-corrected chi connectivity index (χ4v) is 3.21. The van der Waals surface area contributed by atoms with Crippen LogP contribution in [-0.2, 0) is 10.3 Å². The fourth-order valence-electron chi connectivity index (χ4n) is 2.67. The Hall–Kier alpha value is -1.85. The lowest BCUT2D eigenvalue weighted by Gasteiger charge is -2.23. The number of H-pyrrole nitrogens is 1. The molecule has 1 amide bonds.